The van der Waals surface area contributed by atoms with Gasteiger partial charge in [0.05, 0.1) is 34.4 Å². The van der Waals surface area contributed by atoms with Crippen LogP contribution in [0.5, 0.6) is 0 Å². The van der Waals surface area contributed by atoms with E-state index in [-0.39, 0.29) is 23.3 Å². The van der Waals surface area contributed by atoms with Gasteiger partial charge in [0, 0.05) is 11.4 Å². The molecule has 2 heterocycles. The molecule has 1 aliphatic carbocycles. The van der Waals surface area contributed by atoms with Crippen molar-refractivity contribution in [3.05, 3.63) is 57.2 Å². The summed E-state index contributed by atoms with van der Waals surface area (Å²) in [5.41, 5.74) is 3.65. The number of aryl methyl sites for hydroxylation is 2. The van der Waals surface area contributed by atoms with Crippen molar-refractivity contribution in [3.63, 3.8) is 0 Å². The Bertz CT molecular complexity index is 1380. The second kappa shape index (κ2) is 12.0. The minimum Gasteiger partial charge on any atom is -0.465 e. The molecule has 0 radical (unpaired) electrons. The maximum Gasteiger partial charge on any atom is 0.341 e. The zero-order valence-corrected chi connectivity index (χ0v) is 22.9. The number of esters is 1. The first kappa shape index (κ1) is 26.4. The Morgan fingerprint density at radius 3 is 2.78 bits per heavy atom. The zero-order valence-electron chi connectivity index (χ0n) is 20.4. The van der Waals surface area contributed by atoms with Gasteiger partial charge in [-0.2, -0.15) is 4.99 Å². The van der Waals surface area contributed by atoms with E-state index in [0.717, 1.165) is 58.3 Å². The predicted molar refractivity (Wildman–Crippen MR) is 148 cm³/mol. The number of methoxy groups -OCH3 is 1. The number of anilines is 1. The number of ether oxygens (including phenoxy) is 1. The van der Waals surface area contributed by atoms with Gasteiger partial charge in [-0.3, -0.25) is 9.59 Å². The van der Waals surface area contributed by atoms with Crippen molar-refractivity contribution in [3.8, 4) is 0 Å². The standard InChI is InChI=1S/C26H29N3O4S3/c1-4-12-29-18-11-10-16(2)13-20(18)36-26(29)28-22(31)15-34-14-21(30)27-24-23(25(32)33-3)17-8-6-5-7-9-19(17)35-24/h4,10-11,13H,1,5-9,12,14-15H2,2-3H3,(H,27,30). The quantitative estimate of drug-likeness (QED) is 0.242. The maximum absolute atomic E-state index is 12.7. The molecule has 1 aromatic carbocycles. The Hall–Kier alpha value is -2.69. The second-order valence-corrected chi connectivity index (χ2v) is 11.7. The number of carbonyl (C=O) groups is 3. The second-order valence-electron chi connectivity index (χ2n) is 8.56. The molecule has 0 bridgehead atoms. The van der Waals surface area contributed by atoms with Crippen molar-refractivity contribution >= 4 is 67.4 Å². The first-order valence-electron chi connectivity index (χ1n) is 11.8. The number of thiophene rings is 1. The van der Waals surface area contributed by atoms with Gasteiger partial charge in [-0.05, 0) is 55.9 Å². The third kappa shape index (κ3) is 5.99. The number of nitrogens with zero attached hydrogens (tertiary/aromatic N) is 2. The number of aromatic nitrogens is 1. The van der Waals surface area contributed by atoms with Gasteiger partial charge < -0.3 is 14.6 Å². The van der Waals surface area contributed by atoms with Gasteiger partial charge in [0.2, 0.25) is 5.91 Å². The fourth-order valence-corrected chi connectivity index (χ4v) is 7.30. The van der Waals surface area contributed by atoms with E-state index < -0.39 is 5.97 Å². The van der Waals surface area contributed by atoms with Crippen molar-refractivity contribution < 1.29 is 19.1 Å². The molecule has 36 heavy (non-hydrogen) atoms. The fourth-order valence-electron chi connectivity index (χ4n) is 4.25. The van der Waals surface area contributed by atoms with E-state index in [1.54, 1.807) is 6.08 Å². The number of carbonyl (C=O) groups excluding carboxylic acids is 3. The topological polar surface area (TPSA) is 89.8 Å². The number of thioether (sulfide) groups is 1. The van der Waals surface area contributed by atoms with Crippen molar-refractivity contribution in [2.75, 3.05) is 23.9 Å². The molecular weight excluding hydrogens is 515 g/mol. The number of benzene rings is 1. The number of hydrogen-bond acceptors (Lipinski definition) is 7. The molecule has 4 rings (SSSR count). The number of allylic oxidation sites excluding steroid dienone is 1. The lowest BCUT2D eigenvalue weighted by Gasteiger charge is -2.07. The lowest BCUT2D eigenvalue weighted by atomic mass is 10.1. The van der Waals surface area contributed by atoms with Crippen LogP contribution >= 0.6 is 34.4 Å². The van der Waals surface area contributed by atoms with E-state index in [1.807, 2.05) is 23.6 Å². The van der Waals surface area contributed by atoms with E-state index in [4.69, 9.17) is 4.74 Å². The smallest absolute Gasteiger partial charge is 0.341 e. The highest BCUT2D eigenvalue weighted by atomic mass is 32.2. The van der Waals surface area contributed by atoms with Gasteiger partial charge in [0.25, 0.3) is 5.91 Å². The van der Waals surface area contributed by atoms with E-state index in [1.165, 1.54) is 41.5 Å². The van der Waals surface area contributed by atoms with Gasteiger partial charge in [0.1, 0.15) is 5.00 Å². The van der Waals surface area contributed by atoms with Crippen LogP contribution in [0.25, 0.3) is 10.2 Å². The molecule has 0 aliphatic heterocycles. The molecule has 0 saturated heterocycles. The van der Waals surface area contributed by atoms with Crippen LogP contribution in [-0.2, 0) is 33.7 Å². The monoisotopic (exact) mass is 543 g/mol. The largest absolute Gasteiger partial charge is 0.465 e. The molecule has 0 saturated carbocycles. The summed E-state index contributed by atoms with van der Waals surface area (Å²) >= 11 is 4.13. The molecule has 0 atom stereocenters. The van der Waals surface area contributed by atoms with E-state index >= 15 is 0 Å². The Morgan fingerprint density at radius 1 is 1.19 bits per heavy atom. The molecule has 0 unspecified atom stereocenters. The maximum atomic E-state index is 12.7. The summed E-state index contributed by atoms with van der Waals surface area (Å²) in [6.07, 6.45) is 6.74. The molecule has 1 aliphatic rings. The average molecular weight is 544 g/mol. The molecule has 1 N–H and O–H groups in total. The molecule has 190 valence electrons. The summed E-state index contributed by atoms with van der Waals surface area (Å²) < 4.78 is 8.03. The summed E-state index contributed by atoms with van der Waals surface area (Å²) in [5.74, 6) is -0.805. The van der Waals surface area contributed by atoms with Crippen LogP contribution in [0.1, 0.15) is 45.6 Å². The van der Waals surface area contributed by atoms with Crippen molar-refractivity contribution in [1.82, 2.24) is 4.57 Å². The lowest BCUT2D eigenvalue weighted by Crippen LogP contribution is -2.19. The highest BCUT2D eigenvalue weighted by molar-refractivity contribution is 8.00. The van der Waals surface area contributed by atoms with Crippen LogP contribution in [0.4, 0.5) is 5.00 Å². The summed E-state index contributed by atoms with van der Waals surface area (Å²) in [6, 6.07) is 6.14. The van der Waals surface area contributed by atoms with E-state index in [2.05, 4.69) is 23.0 Å². The van der Waals surface area contributed by atoms with Gasteiger partial charge >= 0.3 is 5.97 Å². The van der Waals surface area contributed by atoms with Crippen molar-refractivity contribution in [2.24, 2.45) is 4.99 Å². The molecule has 3 aromatic rings. The first-order valence-corrected chi connectivity index (χ1v) is 14.6. The normalized spacial score (nSPS) is 13.8. The van der Waals surface area contributed by atoms with Crippen LogP contribution in [0.3, 0.4) is 0 Å². The Morgan fingerprint density at radius 2 is 2.00 bits per heavy atom. The summed E-state index contributed by atoms with van der Waals surface area (Å²) in [5, 5.41) is 3.42. The Labute approximate surface area is 222 Å². The predicted octanol–water partition coefficient (Wildman–Crippen LogP) is 5.11. The number of nitrogens with one attached hydrogen (secondary N) is 1. The third-order valence-corrected chi connectivity index (χ3v) is 9.06. The van der Waals surface area contributed by atoms with Crippen molar-refractivity contribution in [2.45, 2.75) is 45.6 Å². The van der Waals surface area contributed by atoms with Crippen LogP contribution in [-0.4, -0.2) is 41.0 Å². The first-order chi connectivity index (χ1) is 17.4. The molecular formula is C26H29N3O4S3. The van der Waals surface area contributed by atoms with E-state index in [9.17, 15) is 14.4 Å². The van der Waals surface area contributed by atoms with Crippen LogP contribution in [0, 0.1) is 6.92 Å². The summed E-state index contributed by atoms with van der Waals surface area (Å²) in [7, 11) is 1.36. The fraction of sp³-hybridized carbons (Fsp3) is 0.385. The van der Waals surface area contributed by atoms with Gasteiger partial charge in [-0.1, -0.05) is 29.9 Å². The Kier molecular flexibility index (Phi) is 8.81. The number of amides is 2. The number of hydrogen-bond donors (Lipinski definition) is 1. The summed E-state index contributed by atoms with van der Waals surface area (Å²) in [6.45, 7) is 6.40. The molecule has 2 amide bonds. The van der Waals surface area contributed by atoms with Gasteiger partial charge in [-0.25, -0.2) is 4.79 Å². The van der Waals surface area contributed by atoms with Crippen LogP contribution < -0.4 is 10.1 Å². The number of rotatable bonds is 8. The molecule has 2 aromatic heterocycles. The van der Waals surface area contributed by atoms with Gasteiger partial charge in [-0.15, -0.1) is 29.7 Å². The molecule has 0 fully saturated rings. The molecule has 7 nitrogen and oxygen atoms in total. The van der Waals surface area contributed by atoms with Crippen LogP contribution in [0.2, 0.25) is 0 Å². The number of thiazole rings is 1. The van der Waals surface area contributed by atoms with E-state index in [0.29, 0.717) is 21.9 Å². The van der Waals surface area contributed by atoms with Crippen LogP contribution in [0.15, 0.2) is 35.8 Å². The highest BCUT2D eigenvalue weighted by Crippen LogP contribution is 2.38. The lowest BCUT2D eigenvalue weighted by molar-refractivity contribution is -0.115. The minimum atomic E-state index is -0.419. The minimum absolute atomic E-state index is 0.0829. The Balaban J connectivity index is 1.41. The van der Waals surface area contributed by atoms with Crippen molar-refractivity contribution in [1.29, 1.82) is 0 Å². The summed E-state index contributed by atoms with van der Waals surface area (Å²) in [4.78, 5) is 43.8. The highest BCUT2D eigenvalue weighted by Gasteiger charge is 2.26. The zero-order chi connectivity index (χ0) is 25.7. The van der Waals surface area contributed by atoms with Gasteiger partial charge in [0.15, 0.2) is 4.80 Å². The molecule has 10 heteroatoms. The average Bonchev–Trinajstić information content (AvgIpc) is 3.25. The molecule has 0 spiro atoms. The number of fused-ring (bicyclic) bond motifs is 2. The SMILES string of the molecule is C=CCn1c(=NC(=O)CSCC(=O)Nc2sc3c(c2C(=O)OC)CCCCC3)sc2cc(C)ccc21. The third-order valence-electron chi connectivity index (χ3n) is 5.89.